The zero-order valence-electron chi connectivity index (χ0n) is 18.8. The molecule has 188 valence electrons. The first kappa shape index (κ1) is 22.6. The van der Waals surface area contributed by atoms with E-state index in [0.29, 0.717) is 18.4 Å². The molecule has 2 atom stereocenters. The van der Waals surface area contributed by atoms with Crippen LogP contribution in [0.1, 0.15) is 61.2 Å². The Balaban J connectivity index is 1.21. The lowest BCUT2D eigenvalue weighted by Crippen LogP contribution is -2.64. The number of nitrogens with zero attached hydrogens (tertiary/aromatic N) is 2. The van der Waals surface area contributed by atoms with Gasteiger partial charge in [0.25, 0.3) is 11.9 Å². The Hall–Kier alpha value is -2.85. The van der Waals surface area contributed by atoms with E-state index in [2.05, 4.69) is 10.3 Å². The average molecular weight is 497 g/mol. The second kappa shape index (κ2) is 7.83. The molecule has 6 nitrogen and oxygen atoms in total. The second-order valence-electron chi connectivity index (χ2n) is 10.2. The largest absolute Gasteiger partial charge is 0.484 e. The third-order valence-electron chi connectivity index (χ3n) is 7.89. The van der Waals surface area contributed by atoms with Crippen LogP contribution in [-0.2, 0) is 6.42 Å². The smallest absolute Gasteiger partial charge is 0.396 e. The van der Waals surface area contributed by atoms with E-state index >= 15 is 0 Å². The summed E-state index contributed by atoms with van der Waals surface area (Å²) >= 11 is 0. The minimum Gasteiger partial charge on any atom is -0.484 e. The summed E-state index contributed by atoms with van der Waals surface area (Å²) in [6.45, 7) is 0.577. The molecule has 2 aromatic rings. The number of alkyl halides is 3. The molecule has 0 bridgehead atoms. The summed E-state index contributed by atoms with van der Waals surface area (Å²) in [6, 6.07) is 1.74. The molecule has 1 spiro atoms. The molecule has 0 radical (unpaired) electrons. The van der Waals surface area contributed by atoms with Gasteiger partial charge in [-0.2, -0.15) is 18.2 Å². The Morgan fingerprint density at radius 2 is 1.83 bits per heavy atom. The van der Waals surface area contributed by atoms with Crippen LogP contribution in [0.5, 0.6) is 5.75 Å². The fraction of sp³-hybridized carbons (Fsp3) is 0.583. The summed E-state index contributed by atoms with van der Waals surface area (Å²) < 4.78 is 79.6. The summed E-state index contributed by atoms with van der Waals surface area (Å²) in [4.78, 5) is 18.7. The van der Waals surface area contributed by atoms with Crippen molar-refractivity contribution in [3.8, 4) is 5.75 Å². The van der Waals surface area contributed by atoms with Gasteiger partial charge in [0.1, 0.15) is 12.2 Å². The minimum absolute atomic E-state index is 0.0314. The van der Waals surface area contributed by atoms with Crippen LogP contribution in [0.4, 0.5) is 33.7 Å². The van der Waals surface area contributed by atoms with Gasteiger partial charge in [-0.3, -0.25) is 4.79 Å². The fourth-order valence-electron chi connectivity index (χ4n) is 5.73. The zero-order chi connectivity index (χ0) is 24.5. The molecule has 1 N–H and O–H groups in total. The molecule has 4 fully saturated rings. The molecule has 1 aromatic carbocycles. The Morgan fingerprint density at radius 3 is 2.37 bits per heavy atom. The molecule has 11 heteroatoms. The van der Waals surface area contributed by atoms with Crippen molar-refractivity contribution in [2.75, 3.05) is 16.8 Å². The first-order valence-corrected chi connectivity index (χ1v) is 11.9. The number of carbonyl (C=O) groups excluding carboxylic acids is 1. The monoisotopic (exact) mass is 497 g/mol. The number of aromatic nitrogens is 1. The van der Waals surface area contributed by atoms with Crippen molar-refractivity contribution in [3.05, 3.63) is 35.2 Å². The number of fused-ring (bicyclic) bond motifs is 1. The predicted molar refractivity (Wildman–Crippen MR) is 114 cm³/mol. The molecule has 4 aliphatic rings. The van der Waals surface area contributed by atoms with E-state index < -0.39 is 47.3 Å². The number of carbonyl (C=O) groups is 1. The summed E-state index contributed by atoms with van der Waals surface area (Å²) in [5, 5.41) is 2.26. The van der Waals surface area contributed by atoms with Crippen molar-refractivity contribution < 1.29 is 35.9 Å². The molecule has 1 aromatic heterocycles. The van der Waals surface area contributed by atoms with E-state index in [-0.39, 0.29) is 23.3 Å². The van der Waals surface area contributed by atoms with Crippen molar-refractivity contribution in [2.45, 2.75) is 69.2 Å². The first-order chi connectivity index (χ1) is 16.6. The lowest BCUT2D eigenvalue weighted by molar-refractivity contribution is -0.130. The molecule has 3 saturated carbocycles. The van der Waals surface area contributed by atoms with Gasteiger partial charge in [0.15, 0.2) is 23.1 Å². The quantitative estimate of drug-likeness (QED) is 0.525. The molecule has 1 aliphatic heterocycles. The van der Waals surface area contributed by atoms with Gasteiger partial charge >= 0.3 is 6.18 Å². The SMILES string of the molecule is O=C(Nc1cc(F)c(OC2CC3CC3C2)c(F)c1)c1nc(N2CCC23CCC3)oc1CC(F)(F)F. The van der Waals surface area contributed by atoms with Crippen molar-refractivity contribution in [3.63, 3.8) is 0 Å². The van der Waals surface area contributed by atoms with E-state index in [1.54, 1.807) is 4.90 Å². The van der Waals surface area contributed by atoms with Crippen LogP contribution < -0.4 is 15.0 Å². The number of benzene rings is 1. The van der Waals surface area contributed by atoms with E-state index in [4.69, 9.17) is 9.15 Å². The van der Waals surface area contributed by atoms with Gasteiger partial charge in [-0.15, -0.1) is 0 Å². The fourth-order valence-corrected chi connectivity index (χ4v) is 5.73. The topological polar surface area (TPSA) is 67.6 Å². The van der Waals surface area contributed by atoms with Crippen molar-refractivity contribution in [2.24, 2.45) is 11.8 Å². The molecule has 2 heterocycles. The first-order valence-electron chi connectivity index (χ1n) is 11.9. The standard InChI is InChI=1S/C24H24F5N3O3/c25-16-9-14(10-17(26)20(16)34-15-7-12-6-13(12)8-15)30-21(33)19-18(11-24(27,28)29)35-22(31-19)32-5-4-23(32)2-1-3-23/h9-10,12-13,15H,1-8,11H2,(H,30,33). The van der Waals surface area contributed by atoms with Gasteiger partial charge < -0.3 is 19.4 Å². The molecular weight excluding hydrogens is 473 g/mol. The van der Waals surface area contributed by atoms with Gasteiger partial charge in [-0.25, -0.2) is 8.78 Å². The Bertz CT molecular complexity index is 1140. The Morgan fingerprint density at radius 1 is 1.14 bits per heavy atom. The van der Waals surface area contributed by atoms with E-state index in [9.17, 15) is 26.7 Å². The van der Waals surface area contributed by atoms with Crippen LogP contribution in [-0.4, -0.2) is 35.3 Å². The number of rotatable bonds is 6. The number of amides is 1. The molecule has 1 saturated heterocycles. The van der Waals surface area contributed by atoms with Crippen molar-refractivity contribution >= 4 is 17.6 Å². The lowest BCUT2D eigenvalue weighted by atomic mass is 9.68. The highest BCUT2D eigenvalue weighted by atomic mass is 19.4. The molecule has 6 rings (SSSR count). The van der Waals surface area contributed by atoms with Crippen LogP contribution in [0, 0.1) is 23.5 Å². The summed E-state index contributed by atoms with van der Waals surface area (Å²) in [5.41, 5.74) is -0.964. The van der Waals surface area contributed by atoms with E-state index in [0.717, 1.165) is 57.1 Å². The van der Waals surface area contributed by atoms with Gasteiger partial charge in [-0.05, 0) is 56.8 Å². The molecule has 1 amide bonds. The zero-order valence-corrected chi connectivity index (χ0v) is 18.8. The van der Waals surface area contributed by atoms with Gasteiger partial charge in [0, 0.05) is 29.9 Å². The summed E-state index contributed by atoms with van der Waals surface area (Å²) in [6.07, 6.45) is -0.0274. The number of hydrogen-bond donors (Lipinski definition) is 1. The highest BCUT2D eigenvalue weighted by Gasteiger charge is 2.51. The van der Waals surface area contributed by atoms with Crippen LogP contribution in [0.15, 0.2) is 16.5 Å². The maximum absolute atomic E-state index is 14.6. The number of hydrogen-bond acceptors (Lipinski definition) is 5. The maximum atomic E-state index is 14.6. The highest BCUT2D eigenvalue weighted by Crippen LogP contribution is 2.53. The van der Waals surface area contributed by atoms with Crippen LogP contribution in [0.2, 0.25) is 0 Å². The number of oxazole rings is 1. The summed E-state index contributed by atoms with van der Waals surface area (Å²) in [5.74, 6) is -3.04. The number of halogens is 5. The third kappa shape index (κ3) is 4.12. The van der Waals surface area contributed by atoms with Gasteiger partial charge in [-0.1, -0.05) is 0 Å². The lowest BCUT2D eigenvalue weighted by Gasteiger charge is -2.57. The molecule has 2 unspecified atom stereocenters. The van der Waals surface area contributed by atoms with Crippen LogP contribution in [0.25, 0.3) is 0 Å². The minimum atomic E-state index is -4.63. The second-order valence-corrected chi connectivity index (χ2v) is 10.2. The molecule has 35 heavy (non-hydrogen) atoms. The summed E-state index contributed by atoms with van der Waals surface area (Å²) in [7, 11) is 0. The van der Waals surface area contributed by atoms with Gasteiger partial charge in [0.05, 0.1) is 6.10 Å². The van der Waals surface area contributed by atoms with E-state index in [1.807, 2.05) is 0 Å². The number of nitrogens with one attached hydrogen (secondary N) is 1. The normalized spacial score (nSPS) is 26.2. The molecular formula is C24H24F5N3O3. The van der Waals surface area contributed by atoms with E-state index in [1.165, 1.54) is 0 Å². The third-order valence-corrected chi connectivity index (χ3v) is 7.89. The van der Waals surface area contributed by atoms with Gasteiger partial charge in [0.2, 0.25) is 0 Å². The highest BCUT2D eigenvalue weighted by molar-refractivity contribution is 6.03. The number of ether oxygens (including phenoxy) is 1. The van der Waals surface area contributed by atoms with Crippen molar-refractivity contribution in [1.29, 1.82) is 0 Å². The van der Waals surface area contributed by atoms with Crippen molar-refractivity contribution in [1.82, 2.24) is 4.98 Å². The van der Waals surface area contributed by atoms with Crippen LogP contribution in [0.3, 0.4) is 0 Å². The molecule has 3 aliphatic carbocycles. The maximum Gasteiger partial charge on any atom is 0.396 e. The average Bonchev–Trinajstić information content (AvgIpc) is 3.10. The number of anilines is 2. The Labute approximate surface area is 197 Å². The Kier molecular flexibility index (Phi) is 5.05. The van der Waals surface area contributed by atoms with Crippen LogP contribution >= 0.6 is 0 Å². The predicted octanol–water partition coefficient (Wildman–Crippen LogP) is 5.62.